The Labute approximate surface area is 100 Å². The zero-order valence-electron chi connectivity index (χ0n) is 9.60. The molecule has 1 aliphatic heterocycles. The monoisotopic (exact) mass is 229 g/mol. The molecule has 3 heteroatoms. The van der Waals surface area contributed by atoms with Gasteiger partial charge in [-0.25, -0.2) is 4.98 Å². The maximum Gasteiger partial charge on any atom is 0.138 e. The third kappa shape index (κ3) is 1.98. The summed E-state index contributed by atoms with van der Waals surface area (Å²) in [5.74, 6) is 0.521. The van der Waals surface area contributed by atoms with Gasteiger partial charge >= 0.3 is 0 Å². The van der Waals surface area contributed by atoms with Crippen LogP contribution >= 0.6 is 0 Å². The summed E-state index contributed by atoms with van der Waals surface area (Å²) in [5.41, 5.74) is 1.72. The largest absolute Gasteiger partial charge is 0.506 e. The number of hydrogen-bond acceptors (Lipinski definition) is 3. The van der Waals surface area contributed by atoms with E-state index in [0.717, 1.165) is 36.0 Å². The van der Waals surface area contributed by atoms with Crippen LogP contribution in [-0.4, -0.2) is 23.3 Å². The van der Waals surface area contributed by atoms with Crippen molar-refractivity contribution in [1.82, 2.24) is 4.98 Å². The lowest BCUT2D eigenvalue weighted by atomic mass is 9.96. The smallest absolute Gasteiger partial charge is 0.138 e. The van der Waals surface area contributed by atoms with E-state index in [2.05, 4.69) is 4.98 Å². The quantitative estimate of drug-likeness (QED) is 0.817. The summed E-state index contributed by atoms with van der Waals surface area (Å²) >= 11 is 0. The number of pyridine rings is 1. The molecule has 17 heavy (non-hydrogen) atoms. The molecule has 1 fully saturated rings. The number of ether oxygens (including phenoxy) is 1. The summed E-state index contributed by atoms with van der Waals surface area (Å²) in [6.07, 6.45) is 2.08. The van der Waals surface area contributed by atoms with Crippen LogP contribution in [0.25, 0.3) is 10.9 Å². The van der Waals surface area contributed by atoms with Crippen LogP contribution in [0.1, 0.15) is 24.5 Å². The van der Waals surface area contributed by atoms with Gasteiger partial charge in [-0.05, 0) is 25.0 Å². The fourth-order valence-electron chi connectivity index (χ4n) is 2.38. The molecule has 88 valence electrons. The molecular formula is C14H15NO2. The van der Waals surface area contributed by atoms with Crippen molar-refractivity contribution in [3.8, 4) is 5.75 Å². The molecule has 2 heterocycles. The third-order valence-corrected chi connectivity index (χ3v) is 3.28. The highest BCUT2D eigenvalue weighted by Crippen LogP contribution is 2.32. The van der Waals surface area contributed by atoms with Gasteiger partial charge in [0.1, 0.15) is 5.75 Å². The number of aromatic hydroxyl groups is 1. The molecule has 3 rings (SSSR count). The summed E-state index contributed by atoms with van der Waals surface area (Å²) in [6.45, 7) is 1.49. The van der Waals surface area contributed by atoms with Crippen LogP contribution in [0.15, 0.2) is 30.3 Å². The Balaban J connectivity index is 2.06. The lowest BCUT2D eigenvalue weighted by Crippen LogP contribution is -2.16. The van der Waals surface area contributed by atoms with Gasteiger partial charge in [-0.3, -0.25) is 0 Å². The van der Waals surface area contributed by atoms with E-state index in [-0.39, 0.29) is 5.92 Å². The summed E-state index contributed by atoms with van der Waals surface area (Å²) < 4.78 is 5.45. The SMILES string of the molecule is Oc1cc2ccccc2nc1C1CCCOC1. The molecule has 0 saturated carbocycles. The molecule has 0 aliphatic carbocycles. The van der Waals surface area contributed by atoms with Crippen molar-refractivity contribution in [3.05, 3.63) is 36.0 Å². The highest BCUT2D eigenvalue weighted by atomic mass is 16.5. The highest BCUT2D eigenvalue weighted by Gasteiger charge is 2.20. The fourth-order valence-corrected chi connectivity index (χ4v) is 2.38. The Kier molecular flexibility index (Phi) is 2.69. The van der Waals surface area contributed by atoms with Crippen LogP contribution in [0.5, 0.6) is 5.75 Å². The highest BCUT2D eigenvalue weighted by molar-refractivity contribution is 5.80. The zero-order chi connectivity index (χ0) is 11.7. The van der Waals surface area contributed by atoms with E-state index in [0.29, 0.717) is 12.4 Å². The molecule has 1 unspecified atom stereocenters. The van der Waals surface area contributed by atoms with E-state index >= 15 is 0 Å². The topological polar surface area (TPSA) is 42.4 Å². The summed E-state index contributed by atoms with van der Waals surface area (Å²) in [7, 11) is 0. The normalized spacial score (nSPS) is 20.6. The number of benzene rings is 1. The van der Waals surface area contributed by atoms with Gasteiger partial charge in [0.05, 0.1) is 17.8 Å². The van der Waals surface area contributed by atoms with E-state index in [1.54, 1.807) is 6.07 Å². The van der Waals surface area contributed by atoms with Crippen LogP contribution in [0.4, 0.5) is 0 Å². The molecule has 0 bridgehead atoms. The standard InChI is InChI=1S/C14H15NO2/c16-13-8-10-4-1-2-6-12(10)15-14(13)11-5-3-7-17-9-11/h1-2,4,6,8,11,16H,3,5,7,9H2. The summed E-state index contributed by atoms with van der Waals surface area (Å²) in [4.78, 5) is 4.57. The second-order valence-electron chi connectivity index (χ2n) is 4.50. The van der Waals surface area contributed by atoms with Gasteiger partial charge in [0.15, 0.2) is 0 Å². The van der Waals surface area contributed by atoms with E-state index in [1.165, 1.54) is 0 Å². The lowest BCUT2D eigenvalue weighted by molar-refractivity contribution is 0.0786. The van der Waals surface area contributed by atoms with Crippen LogP contribution in [0.2, 0.25) is 0 Å². The molecule has 1 aromatic heterocycles. The van der Waals surface area contributed by atoms with Crippen molar-refractivity contribution in [2.24, 2.45) is 0 Å². The zero-order valence-corrected chi connectivity index (χ0v) is 9.60. The molecule has 0 radical (unpaired) electrons. The second-order valence-corrected chi connectivity index (χ2v) is 4.50. The summed E-state index contributed by atoms with van der Waals surface area (Å²) in [5, 5.41) is 11.0. The number of nitrogens with zero attached hydrogens (tertiary/aromatic N) is 1. The molecule has 1 aliphatic rings. The van der Waals surface area contributed by atoms with Gasteiger partial charge in [-0.15, -0.1) is 0 Å². The number of para-hydroxylation sites is 1. The lowest BCUT2D eigenvalue weighted by Gasteiger charge is -2.22. The Hall–Kier alpha value is -1.61. The van der Waals surface area contributed by atoms with Crippen molar-refractivity contribution >= 4 is 10.9 Å². The third-order valence-electron chi connectivity index (χ3n) is 3.28. The molecule has 1 aromatic carbocycles. The maximum atomic E-state index is 10.0. The van der Waals surface area contributed by atoms with E-state index in [9.17, 15) is 5.11 Å². The minimum Gasteiger partial charge on any atom is -0.506 e. The Morgan fingerprint density at radius 1 is 1.29 bits per heavy atom. The first-order chi connectivity index (χ1) is 8.34. The second kappa shape index (κ2) is 4.34. The van der Waals surface area contributed by atoms with E-state index in [4.69, 9.17) is 4.74 Å². The number of hydrogen-bond donors (Lipinski definition) is 1. The van der Waals surface area contributed by atoms with Gasteiger partial charge in [0.2, 0.25) is 0 Å². The number of fused-ring (bicyclic) bond motifs is 1. The Bertz CT molecular complexity index is 533. The first-order valence-corrected chi connectivity index (χ1v) is 6.01. The van der Waals surface area contributed by atoms with Gasteiger partial charge in [0, 0.05) is 17.9 Å². The van der Waals surface area contributed by atoms with Crippen LogP contribution < -0.4 is 0 Å². The fraction of sp³-hybridized carbons (Fsp3) is 0.357. The van der Waals surface area contributed by atoms with Gasteiger partial charge in [-0.2, -0.15) is 0 Å². The van der Waals surface area contributed by atoms with Gasteiger partial charge in [0.25, 0.3) is 0 Å². The predicted molar refractivity (Wildman–Crippen MR) is 66.2 cm³/mol. The average molecular weight is 229 g/mol. The summed E-state index contributed by atoms with van der Waals surface area (Å²) in [6, 6.07) is 9.65. The van der Waals surface area contributed by atoms with Gasteiger partial charge in [-0.1, -0.05) is 18.2 Å². The molecule has 1 saturated heterocycles. The van der Waals surface area contributed by atoms with Crippen LogP contribution in [-0.2, 0) is 4.74 Å². The van der Waals surface area contributed by atoms with Gasteiger partial charge < -0.3 is 9.84 Å². The van der Waals surface area contributed by atoms with Crippen molar-refractivity contribution in [1.29, 1.82) is 0 Å². The predicted octanol–water partition coefficient (Wildman–Crippen LogP) is 2.83. The van der Waals surface area contributed by atoms with Crippen molar-refractivity contribution in [3.63, 3.8) is 0 Å². The number of rotatable bonds is 1. The van der Waals surface area contributed by atoms with E-state index < -0.39 is 0 Å². The minimum absolute atomic E-state index is 0.230. The Morgan fingerprint density at radius 2 is 2.18 bits per heavy atom. The molecule has 0 amide bonds. The first kappa shape index (κ1) is 10.5. The Morgan fingerprint density at radius 3 is 3.00 bits per heavy atom. The van der Waals surface area contributed by atoms with Crippen LogP contribution in [0.3, 0.4) is 0 Å². The van der Waals surface area contributed by atoms with Crippen LogP contribution in [0, 0.1) is 0 Å². The first-order valence-electron chi connectivity index (χ1n) is 6.01. The minimum atomic E-state index is 0.230. The average Bonchev–Trinajstić information content (AvgIpc) is 2.39. The van der Waals surface area contributed by atoms with Crippen molar-refractivity contribution < 1.29 is 9.84 Å². The molecule has 1 atom stereocenters. The molecule has 0 spiro atoms. The molecule has 1 N–H and O–H groups in total. The molecular weight excluding hydrogens is 214 g/mol. The van der Waals surface area contributed by atoms with Crippen molar-refractivity contribution in [2.75, 3.05) is 13.2 Å². The van der Waals surface area contributed by atoms with E-state index in [1.807, 2.05) is 24.3 Å². The van der Waals surface area contributed by atoms with Crippen molar-refractivity contribution in [2.45, 2.75) is 18.8 Å². The molecule has 2 aromatic rings. The maximum absolute atomic E-state index is 10.0. The number of aromatic nitrogens is 1. The molecule has 3 nitrogen and oxygen atoms in total.